The number of cyclic esters (lactones) is 1. The number of Topliss-reactive ketones (excluding diaryl/α,β-unsaturated/α-hetero) is 1. The molecule has 0 bridgehead atoms. The van der Waals surface area contributed by atoms with Gasteiger partial charge in [0.25, 0.3) is 0 Å². The normalized spacial score (nSPS) is 48.0. The van der Waals surface area contributed by atoms with Gasteiger partial charge in [0.1, 0.15) is 29.2 Å². The van der Waals surface area contributed by atoms with Crippen molar-refractivity contribution in [2.75, 3.05) is 13.7 Å². The van der Waals surface area contributed by atoms with E-state index in [1.54, 1.807) is 25.0 Å². The quantitative estimate of drug-likeness (QED) is 0.0571. The number of allylic oxidation sites excluding steroid dienone is 3. The number of ether oxygens (including phenoxy) is 6. The number of esters is 6. The molecule has 3 aliphatic heterocycles. The molecular weight excluding hydrogens is 1850 g/mol. The van der Waals surface area contributed by atoms with Crippen LogP contribution >= 0.6 is 0 Å². The van der Waals surface area contributed by atoms with Gasteiger partial charge >= 0.3 is 35.8 Å². The predicted octanol–water partition coefficient (Wildman–Crippen LogP) is 26.7. The standard InChI is InChI=1S/C38H50O4.C24H32O4.C24H38O3.C23H36O3.C22H32O3.4H2/c1-8-9-10-11-12-13-17-36(40)42-30-22-23-37(6)29(24-30)18-19-31-33-21-20-32(27(4)16-14-15-26(2)3)38(33,7)35(25-34(31)37)41-28(5)39;1-14(25)17-13-15-12-16(26)4-8-22(15,2)18-5-9-23(3)19(21(17)18)6-10-24(23)11-7-20(27)28-24;1-15-4-7-21(26)27-24(15)13-10-20-18-6-5-16-14-17(25)8-11-22(16,2)19(18)9-12-23(20,24)3;1-22-10-9-19-18(6-5-16-13-17(24)8-11-23(16,19)2)20(22)12-15(14-22)4-7-21(25)26-3;1-13-17-5-6-19-16-4-3-14-11-15(23)7-9-21(14,2)18(16)8-10-22(17,19)12-25-20(13)24;;;;/h1,26-27,29-35H,14-16,18-25H2,2-7H3;12,17-19,21H,4-11,13H2,1-3H3;15-20,25H,4-14H2,1-3H3;13,15,17-20,24H,4-12,14H2,1-3H3;3,13,15-19,23H,4-12H2,1-2H3;4*1H/t27-,29-,30-,31?,32-,33?,34?,35+,37+,38-;17-,18?,19?,21?,22-,23-,24+;15-,16+,17+,18?,19?,20?,22+,23+,24+;15-,17+,18?,19?,20?,22-,23+;13-,15+,16?,17-,18?,19?,21+,22+;;;;/m10111..../s1. The van der Waals surface area contributed by atoms with Crippen LogP contribution in [0.2, 0.25) is 0 Å². The van der Waals surface area contributed by atoms with Gasteiger partial charge in [-0.15, -0.1) is 6.42 Å². The minimum Gasteiger partial charge on any atom is -0.469 e. The van der Waals surface area contributed by atoms with Crippen molar-refractivity contribution < 1.29 is 87.8 Å². The van der Waals surface area contributed by atoms with Gasteiger partial charge in [0.15, 0.2) is 5.78 Å². The van der Waals surface area contributed by atoms with Gasteiger partial charge in [-0.3, -0.25) is 33.6 Å². The Labute approximate surface area is 895 Å². The molecule has 0 radical (unpaired) electrons. The van der Waals surface area contributed by atoms with E-state index in [9.17, 15) is 53.7 Å². The zero-order valence-electron chi connectivity index (χ0n) is 94.0. The van der Waals surface area contributed by atoms with Crippen LogP contribution < -0.4 is 0 Å². The molecule has 23 rings (SSSR count). The van der Waals surface area contributed by atoms with Crippen molar-refractivity contribution in [3.05, 3.63) is 34.9 Å². The van der Waals surface area contributed by atoms with E-state index < -0.39 is 5.97 Å². The second-order valence-corrected chi connectivity index (χ2v) is 56.9. The highest BCUT2D eigenvalue weighted by atomic mass is 16.6. The maximum Gasteiger partial charge on any atom is 0.385 e. The number of fused-ring (bicyclic) bond motifs is 26. The van der Waals surface area contributed by atoms with Crippen molar-refractivity contribution in [1.29, 1.82) is 0 Å². The minimum absolute atomic E-state index is 0. The Morgan fingerprint density at radius 3 is 1.92 bits per heavy atom. The summed E-state index contributed by atoms with van der Waals surface area (Å²) in [5.74, 6) is 32.0. The topological polar surface area (TPSA) is 253 Å². The third-order valence-corrected chi connectivity index (χ3v) is 50.8. The lowest BCUT2D eigenvalue weighted by Crippen LogP contribution is -2.60. The molecule has 822 valence electrons. The maximum absolute atomic E-state index is 12.8. The van der Waals surface area contributed by atoms with Crippen LogP contribution in [0.1, 0.15) is 431 Å². The monoisotopic (exact) mass is 2040 g/mol. The number of hydrogen-bond donors (Lipinski definition) is 3. The molecule has 17 nitrogen and oxygen atoms in total. The second-order valence-electron chi connectivity index (χ2n) is 56.9. The number of ketones is 2. The molecule has 17 saturated carbocycles. The van der Waals surface area contributed by atoms with Crippen LogP contribution in [-0.2, 0) is 66.8 Å². The van der Waals surface area contributed by atoms with E-state index in [1.807, 2.05) is 6.08 Å². The Kier molecular flexibility index (Phi) is 31.3. The van der Waals surface area contributed by atoms with E-state index in [0.717, 1.165) is 188 Å². The van der Waals surface area contributed by atoms with Gasteiger partial charge in [-0.1, -0.05) is 145 Å². The molecule has 3 N–H and O–H groups in total. The van der Waals surface area contributed by atoms with E-state index in [4.69, 9.17) is 34.8 Å². The zero-order chi connectivity index (χ0) is 105. The van der Waals surface area contributed by atoms with Gasteiger partial charge in [0.2, 0.25) is 0 Å². The number of aliphatic hydroxyl groups is 3. The number of methoxy groups -OCH3 is 1. The van der Waals surface area contributed by atoms with Gasteiger partial charge in [-0.05, 0) is 487 Å². The molecular formula is C131H196O17. The summed E-state index contributed by atoms with van der Waals surface area (Å²) in [6.07, 6.45) is 64.4. The number of rotatable bonds is 11. The summed E-state index contributed by atoms with van der Waals surface area (Å²) >= 11 is 0. The van der Waals surface area contributed by atoms with E-state index in [1.165, 1.54) is 167 Å². The van der Waals surface area contributed by atoms with Crippen LogP contribution in [0.15, 0.2) is 34.9 Å². The molecule has 0 amide bonds. The highest BCUT2D eigenvalue weighted by molar-refractivity contribution is 5.92. The largest absolute Gasteiger partial charge is 0.469 e. The van der Waals surface area contributed by atoms with Crippen LogP contribution in [0.5, 0.6) is 0 Å². The summed E-state index contributed by atoms with van der Waals surface area (Å²) in [6, 6.07) is 0. The second kappa shape index (κ2) is 42.2. The van der Waals surface area contributed by atoms with E-state index in [-0.39, 0.29) is 133 Å². The van der Waals surface area contributed by atoms with Crippen molar-refractivity contribution in [3.8, 4) is 47.9 Å². The number of carbonyl (C=O) groups is 8. The van der Waals surface area contributed by atoms with Gasteiger partial charge < -0.3 is 43.7 Å². The molecule has 23 aliphatic rings. The molecule has 20 fully saturated rings. The van der Waals surface area contributed by atoms with Crippen LogP contribution in [0, 0.1) is 250 Å². The first-order chi connectivity index (χ1) is 70.3. The minimum atomic E-state index is -0.528. The van der Waals surface area contributed by atoms with Crippen LogP contribution in [0.3, 0.4) is 0 Å². The van der Waals surface area contributed by atoms with Crippen LogP contribution in [0.4, 0.5) is 0 Å². The number of carbonyl (C=O) groups excluding carboxylic acids is 8. The lowest BCUT2D eigenvalue weighted by Gasteiger charge is -2.62. The highest BCUT2D eigenvalue weighted by Gasteiger charge is 2.74. The Morgan fingerprint density at radius 2 is 1.18 bits per heavy atom. The third-order valence-electron chi connectivity index (χ3n) is 50.8. The molecule has 41 atom stereocenters. The predicted molar refractivity (Wildman–Crippen MR) is 582 cm³/mol. The molecule has 148 heavy (non-hydrogen) atoms. The average molecular weight is 2040 g/mol. The first-order valence-corrected chi connectivity index (χ1v) is 60.5. The molecule has 3 spiro atoms. The Hall–Kier alpha value is -6.50. The smallest absolute Gasteiger partial charge is 0.385 e. The summed E-state index contributed by atoms with van der Waals surface area (Å²) < 4.78 is 34.9. The third kappa shape index (κ3) is 19.1. The summed E-state index contributed by atoms with van der Waals surface area (Å²) in [5.41, 5.74) is 6.05. The summed E-state index contributed by atoms with van der Waals surface area (Å²) in [7, 11) is 1.50. The van der Waals surface area contributed by atoms with Crippen molar-refractivity contribution in [3.63, 3.8) is 0 Å². The molecule has 3 saturated heterocycles. The van der Waals surface area contributed by atoms with Crippen molar-refractivity contribution in [2.24, 2.45) is 202 Å². The molecule has 17 heteroatoms. The highest BCUT2D eigenvalue weighted by Crippen LogP contribution is 2.77. The number of aliphatic hydroxyl groups excluding tert-OH is 3. The lowest BCUT2D eigenvalue weighted by atomic mass is 9.43. The summed E-state index contributed by atoms with van der Waals surface area (Å²) in [5, 5.41) is 30.4. The molecule has 15 unspecified atom stereocenters. The van der Waals surface area contributed by atoms with E-state index >= 15 is 0 Å². The van der Waals surface area contributed by atoms with Crippen molar-refractivity contribution in [2.45, 2.75) is 467 Å². The van der Waals surface area contributed by atoms with Crippen LogP contribution in [-0.4, -0.2) is 118 Å². The fraction of sp³-hybridized carbons (Fsp3) is 0.832. The molecule has 0 aromatic carbocycles. The average Bonchev–Trinajstić information content (AvgIpc) is 1.55. The molecule has 20 aliphatic carbocycles. The van der Waals surface area contributed by atoms with Crippen molar-refractivity contribution in [1.82, 2.24) is 0 Å². The van der Waals surface area contributed by atoms with Crippen LogP contribution in [0.25, 0.3) is 0 Å². The molecule has 3 heterocycles. The Bertz CT molecular complexity index is 5380. The molecule has 0 aromatic rings. The van der Waals surface area contributed by atoms with Gasteiger partial charge in [-0.2, -0.15) is 0 Å². The zero-order valence-corrected chi connectivity index (χ0v) is 94.0. The van der Waals surface area contributed by atoms with Gasteiger partial charge in [-0.25, -0.2) is 4.79 Å². The molecule has 0 aromatic heterocycles. The fourth-order valence-corrected chi connectivity index (χ4v) is 43.1. The summed E-state index contributed by atoms with van der Waals surface area (Å²) in [4.78, 5) is 97.7. The fourth-order valence-electron chi connectivity index (χ4n) is 43.1. The SMILES string of the molecule is C#CC#CC#CC#CC(=O)O[C@@H]1CC[C@]2(C)C3C[C@H](OC(C)=O)[C@@]4(C)C(CC[C@@H]4[C@H](C)CCCC(C)C)C3CC[C@@H]2C1.CC(=O)[C@@H]1CC2=CC(=O)CC[C@]2(C)C2CC[C@@]3(C)C(CC[C@@]34CCC(=O)O4)C21.COC(=O)CC[C@@H]1CC2C3CCC4=C[C@@H](O)CC[C@]4(C)C3CC[C@]2(C)C1.C[C@@H]1CCC(=O)O[C@@]12CCC1C3CC[C@H]4C[C@@H](O)CC[C@]4(C)C3CC[C@@]12C.C[C@H]1C(=O)OC[C@]23CCC4C(CC=C5C[C@@H](O)CC[C@@]54C)C2CC[C@H]13.[HH].[HH].[HH].[HH]. The van der Waals surface area contributed by atoms with Gasteiger partial charge in [0, 0.05) is 71.8 Å². The Morgan fingerprint density at radius 1 is 0.527 bits per heavy atom. The lowest BCUT2D eigenvalue weighted by molar-refractivity contribution is -0.213. The maximum atomic E-state index is 12.8. The first-order valence-electron chi connectivity index (χ1n) is 60.5. The Balaban J connectivity index is 0.000000143. The number of hydrogen-bond acceptors (Lipinski definition) is 17. The van der Waals surface area contributed by atoms with E-state index in [0.29, 0.717) is 137 Å². The first kappa shape index (κ1) is 110. The summed E-state index contributed by atoms with van der Waals surface area (Å²) in [6.45, 7) is 37.7. The number of terminal acetylenes is 1. The van der Waals surface area contributed by atoms with E-state index in [2.05, 4.69) is 151 Å². The van der Waals surface area contributed by atoms with Crippen molar-refractivity contribution >= 4 is 47.4 Å². The van der Waals surface area contributed by atoms with Gasteiger partial charge in [0.05, 0.1) is 37.9 Å².